The summed E-state index contributed by atoms with van der Waals surface area (Å²) in [6.45, 7) is 0. The molecule has 0 bridgehead atoms. The van der Waals surface area contributed by atoms with Gasteiger partial charge in [-0.05, 0) is 12.8 Å². The first-order chi connectivity index (χ1) is 5.78. The van der Waals surface area contributed by atoms with Crippen molar-refractivity contribution in [1.29, 1.82) is 0 Å². The van der Waals surface area contributed by atoms with Crippen molar-refractivity contribution in [3.8, 4) is 0 Å². The topological polar surface area (TPSA) is 47.2 Å². The Bertz CT molecular complexity index is 345. The number of isocyanates is 1. The molecule has 4 heteroatoms. The van der Waals surface area contributed by atoms with Crippen molar-refractivity contribution in [2.24, 2.45) is 12.0 Å². The second-order valence-corrected chi connectivity index (χ2v) is 3.10. The Kier molecular flexibility index (Phi) is 1.38. The molecule has 1 saturated carbocycles. The molecule has 2 rings (SSSR count). The summed E-state index contributed by atoms with van der Waals surface area (Å²) in [4.78, 5) is 18.1. The highest BCUT2D eigenvalue weighted by atomic mass is 16.1. The zero-order chi connectivity index (χ0) is 8.60. The van der Waals surface area contributed by atoms with E-state index in [-0.39, 0.29) is 5.54 Å². The van der Waals surface area contributed by atoms with Gasteiger partial charge < -0.3 is 4.57 Å². The predicted octanol–water partition coefficient (Wildman–Crippen LogP) is 0.745. The van der Waals surface area contributed by atoms with E-state index >= 15 is 0 Å². The molecule has 0 atom stereocenters. The minimum Gasteiger partial charge on any atom is -0.336 e. The highest BCUT2D eigenvalue weighted by Gasteiger charge is 2.48. The minimum atomic E-state index is -0.333. The van der Waals surface area contributed by atoms with Gasteiger partial charge in [0, 0.05) is 19.4 Å². The van der Waals surface area contributed by atoms with Crippen molar-refractivity contribution in [2.45, 2.75) is 18.4 Å². The van der Waals surface area contributed by atoms with Crippen molar-refractivity contribution in [3.63, 3.8) is 0 Å². The van der Waals surface area contributed by atoms with Crippen LogP contribution in [0.4, 0.5) is 0 Å². The van der Waals surface area contributed by atoms with Gasteiger partial charge in [0.15, 0.2) is 0 Å². The second-order valence-electron chi connectivity index (χ2n) is 3.10. The maximum atomic E-state index is 10.1. The van der Waals surface area contributed by atoms with E-state index in [0.717, 1.165) is 18.7 Å². The number of imidazole rings is 1. The average molecular weight is 163 g/mol. The number of hydrogen-bond acceptors (Lipinski definition) is 3. The fourth-order valence-electron chi connectivity index (χ4n) is 1.41. The van der Waals surface area contributed by atoms with Crippen molar-refractivity contribution in [2.75, 3.05) is 0 Å². The van der Waals surface area contributed by atoms with Crippen LogP contribution in [0.25, 0.3) is 0 Å². The number of nitrogens with zero attached hydrogens (tertiary/aromatic N) is 3. The molecule has 0 unspecified atom stereocenters. The minimum absolute atomic E-state index is 0.333. The summed E-state index contributed by atoms with van der Waals surface area (Å²) >= 11 is 0. The van der Waals surface area contributed by atoms with Crippen LogP contribution in [0.3, 0.4) is 0 Å². The lowest BCUT2D eigenvalue weighted by molar-refractivity contribution is 0.550. The van der Waals surface area contributed by atoms with E-state index in [1.54, 1.807) is 12.3 Å². The molecule has 0 saturated heterocycles. The van der Waals surface area contributed by atoms with E-state index in [4.69, 9.17) is 0 Å². The van der Waals surface area contributed by atoms with E-state index in [1.165, 1.54) is 0 Å². The fourth-order valence-corrected chi connectivity index (χ4v) is 1.41. The highest BCUT2D eigenvalue weighted by molar-refractivity contribution is 5.38. The Balaban J connectivity index is 2.42. The lowest BCUT2D eigenvalue weighted by atomic mass is 10.3. The summed E-state index contributed by atoms with van der Waals surface area (Å²) in [5.74, 6) is 0.867. The normalized spacial score (nSPS) is 18.4. The van der Waals surface area contributed by atoms with E-state index in [1.807, 2.05) is 17.8 Å². The first kappa shape index (κ1) is 7.25. The molecule has 1 heterocycles. The summed E-state index contributed by atoms with van der Waals surface area (Å²) in [7, 11) is 1.91. The standard InChI is InChI=1S/C8H9N3O/c1-11-5-4-9-7(11)8(2-3-8)10-6-12/h4-5H,2-3H2,1H3. The molecule has 0 aliphatic heterocycles. The monoisotopic (exact) mass is 163 g/mol. The number of aryl methyl sites for hydroxylation is 1. The fraction of sp³-hybridized carbons (Fsp3) is 0.500. The van der Waals surface area contributed by atoms with Crippen LogP contribution < -0.4 is 0 Å². The zero-order valence-corrected chi connectivity index (χ0v) is 6.82. The van der Waals surface area contributed by atoms with Crippen LogP contribution in [0.15, 0.2) is 17.4 Å². The largest absolute Gasteiger partial charge is 0.336 e. The third-order valence-corrected chi connectivity index (χ3v) is 2.22. The first-order valence-electron chi connectivity index (χ1n) is 3.85. The summed E-state index contributed by atoms with van der Waals surface area (Å²) in [5.41, 5.74) is -0.333. The van der Waals surface area contributed by atoms with Crippen LogP contribution in [0.2, 0.25) is 0 Å². The van der Waals surface area contributed by atoms with E-state index < -0.39 is 0 Å². The smallest absolute Gasteiger partial charge is 0.235 e. The maximum absolute atomic E-state index is 10.1. The molecule has 0 amide bonds. The van der Waals surface area contributed by atoms with Crippen LogP contribution >= 0.6 is 0 Å². The van der Waals surface area contributed by atoms with Gasteiger partial charge in [-0.2, -0.15) is 4.99 Å². The molecule has 0 radical (unpaired) electrons. The molecule has 4 nitrogen and oxygen atoms in total. The molecular formula is C8H9N3O. The van der Waals surface area contributed by atoms with Gasteiger partial charge in [-0.3, -0.25) is 0 Å². The average Bonchev–Trinajstić information content (AvgIpc) is 2.68. The first-order valence-corrected chi connectivity index (χ1v) is 3.85. The summed E-state index contributed by atoms with van der Waals surface area (Å²) < 4.78 is 1.90. The third-order valence-electron chi connectivity index (χ3n) is 2.22. The Morgan fingerprint density at radius 3 is 2.92 bits per heavy atom. The van der Waals surface area contributed by atoms with Crippen molar-refractivity contribution in [1.82, 2.24) is 9.55 Å². The maximum Gasteiger partial charge on any atom is 0.235 e. The van der Waals surface area contributed by atoms with Crippen molar-refractivity contribution >= 4 is 6.08 Å². The van der Waals surface area contributed by atoms with Gasteiger partial charge in [0.05, 0.1) is 0 Å². The zero-order valence-electron chi connectivity index (χ0n) is 6.82. The summed E-state index contributed by atoms with van der Waals surface area (Å²) in [6.07, 6.45) is 7.00. The Morgan fingerprint density at radius 2 is 2.50 bits per heavy atom. The molecule has 12 heavy (non-hydrogen) atoms. The van der Waals surface area contributed by atoms with Crippen LogP contribution in [-0.2, 0) is 17.4 Å². The molecule has 0 spiro atoms. The Hall–Kier alpha value is -1.41. The van der Waals surface area contributed by atoms with Crippen molar-refractivity contribution in [3.05, 3.63) is 18.2 Å². The van der Waals surface area contributed by atoms with Crippen LogP contribution in [-0.4, -0.2) is 15.6 Å². The third kappa shape index (κ3) is 0.889. The van der Waals surface area contributed by atoms with Gasteiger partial charge in [0.25, 0.3) is 0 Å². The molecular weight excluding hydrogens is 154 g/mol. The Labute approximate surface area is 69.9 Å². The second kappa shape index (κ2) is 2.29. The lowest BCUT2D eigenvalue weighted by Crippen LogP contribution is -2.09. The molecule has 1 fully saturated rings. The van der Waals surface area contributed by atoms with E-state index in [2.05, 4.69) is 9.98 Å². The molecule has 1 aromatic rings. The lowest BCUT2D eigenvalue weighted by Gasteiger charge is -2.06. The van der Waals surface area contributed by atoms with Gasteiger partial charge in [0.2, 0.25) is 6.08 Å². The molecule has 0 N–H and O–H groups in total. The van der Waals surface area contributed by atoms with Crippen LogP contribution in [0, 0.1) is 0 Å². The summed E-state index contributed by atoms with van der Waals surface area (Å²) in [6, 6.07) is 0. The highest BCUT2D eigenvalue weighted by Crippen LogP contribution is 2.48. The predicted molar refractivity (Wildman–Crippen MR) is 42.2 cm³/mol. The number of hydrogen-bond donors (Lipinski definition) is 0. The quantitative estimate of drug-likeness (QED) is 0.477. The molecule has 1 aliphatic rings. The van der Waals surface area contributed by atoms with Crippen molar-refractivity contribution < 1.29 is 4.79 Å². The SMILES string of the molecule is Cn1ccnc1C1(N=C=O)CC1. The number of rotatable bonds is 2. The van der Waals surface area contributed by atoms with E-state index in [9.17, 15) is 4.79 Å². The molecule has 0 aromatic carbocycles. The van der Waals surface area contributed by atoms with Gasteiger partial charge in [-0.1, -0.05) is 0 Å². The van der Waals surface area contributed by atoms with Crippen LogP contribution in [0.5, 0.6) is 0 Å². The van der Waals surface area contributed by atoms with E-state index in [0.29, 0.717) is 0 Å². The number of aromatic nitrogens is 2. The molecule has 1 aromatic heterocycles. The Morgan fingerprint density at radius 1 is 1.75 bits per heavy atom. The van der Waals surface area contributed by atoms with Crippen LogP contribution in [0.1, 0.15) is 18.7 Å². The van der Waals surface area contributed by atoms with Gasteiger partial charge in [-0.15, -0.1) is 0 Å². The van der Waals surface area contributed by atoms with Gasteiger partial charge >= 0.3 is 0 Å². The van der Waals surface area contributed by atoms with Gasteiger partial charge in [-0.25, -0.2) is 9.78 Å². The molecule has 62 valence electrons. The number of aliphatic imine (C=N–C) groups is 1. The van der Waals surface area contributed by atoms with Gasteiger partial charge in [0.1, 0.15) is 11.4 Å². The summed E-state index contributed by atoms with van der Waals surface area (Å²) in [5, 5.41) is 0. The molecule has 1 aliphatic carbocycles. The number of carbonyl (C=O) groups excluding carboxylic acids is 1.